The van der Waals surface area contributed by atoms with Gasteiger partial charge in [-0.05, 0) is 55.3 Å². The number of nitrogens with one attached hydrogen (secondary N) is 1. The molecule has 3 rings (SSSR count). The normalized spacial score (nSPS) is 15.2. The van der Waals surface area contributed by atoms with Gasteiger partial charge in [0, 0.05) is 31.0 Å². The lowest BCUT2D eigenvalue weighted by Crippen LogP contribution is -2.46. The van der Waals surface area contributed by atoms with Crippen LogP contribution in [0.15, 0.2) is 48.5 Å². The van der Waals surface area contributed by atoms with E-state index in [1.54, 1.807) is 48.5 Å². The van der Waals surface area contributed by atoms with Gasteiger partial charge in [0.1, 0.15) is 11.5 Å². The van der Waals surface area contributed by atoms with Crippen LogP contribution in [0.1, 0.15) is 23.2 Å². The summed E-state index contributed by atoms with van der Waals surface area (Å²) in [4.78, 5) is 23.9. The zero-order valence-corrected chi connectivity index (χ0v) is 16.2. The van der Waals surface area contributed by atoms with Crippen molar-refractivity contribution in [3.05, 3.63) is 54.1 Å². The first-order valence-corrected chi connectivity index (χ1v) is 8.79. The number of anilines is 1. The largest absolute Gasteiger partial charge is 0.457 e. The third-order valence-electron chi connectivity index (χ3n) is 4.79. The van der Waals surface area contributed by atoms with Gasteiger partial charge in [-0.15, -0.1) is 12.4 Å². The highest BCUT2D eigenvalue weighted by Gasteiger charge is 2.38. The van der Waals surface area contributed by atoms with Crippen molar-refractivity contribution in [2.24, 2.45) is 16.9 Å². The van der Waals surface area contributed by atoms with Gasteiger partial charge in [0.05, 0.1) is 5.41 Å². The molecule has 0 unspecified atom stereocenters. The molecule has 2 aromatic rings. The maximum Gasteiger partial charge on any atom is 0.248 e. The first-order chi connectivity index (χ1) is 13.0. The van der Waals surface area contributed by atoms with Crippen molar-refractivity contribution in [2.75, 3.05) is 25.1 Å². The Labute approximate surface area is 169 Å². The highest BCUT2D eigenvalue weighted by molar-refractivity contribution is 5.95. The van der Waals surface area contributed by atoms with Crippen LogP contribution in [0, 0.1) is 5.41 Å². The molecule has 7 nitrogen and oxygen atoms in total. The average Bonchev–Trinajstić information content (AvgIpc) is 2.70. The maximum atomic E-state index is 12.7. The molecule has 0 aromatic heterocycles. The van der Waals surface area contributed by atoms with Crippen LogP contribution in [-0.2, 0) is 9.53 Å². The van der Waals surface area contributed by atoms with Gasteiger partial charge in [0.25, 0.3) is 0 Å². The van der Waals surface area contributed by atoms with E-state index >= 15 is 0 Å². The smallest absolute Gasteiger partial charge is 0.248 e. The fourth-order valence-corrected chi connectivity index (χ4v) is 3.00. The van der Waals surface area contributed by atoms with E-state index in [1.165, 1.54) is 0 Å². The number of carbonyl (C=O) groups excluding carboxylic acids is 2. The Morgan fingerprint density at radius 1 is 1.07 bits per heavy atom. The van der Waals surface area contributed by atoms with E-state index in [9.17, 15) is 9.59 Å². The van der Waals surface area contributed by atoms with Crippen molar-refractivity contribution >= 4 is 29.9 Å². The number of ether oxygens (including phenoxy) is 2. The van der Waals surface area contributed by atoms with Gasteiger partial charge in [0.2, 0.25) is 11.8 Å². The molecular weight excluding hydrogens is 382 g/mol. The third kappa shape index (κ3) is 5.01. The second-order valence-corrected chi connectivity index (χ2v) is 6.57. The highest BCUT2D eigenvalue weighted by Crippen LogP contribution is 2.31. The molecule has 0 radical (unpaired) electrons. The van der Waals surface area contributed by atoms with Crippen molar-refractivity contribution < 1.29 is 19.1 Å². The molecule has 8 heteroatoms. The van der Waals surface area contributed by atoms with Crippen molar-refractivity contribution in [1.29, 1.82) is 0 Å². The molecule has 1 heterocycles. The Balaban J connectivity index is 0.00000280. The van der Waals surface area contributed by atoms with Crippen molar-refractivity contribution in [3.8, 4) is 11.5 Å². The number of halogens is 1. The van der Waals surface area contributed by atoms with Crippen LogP contribution in [-0.4, -0.2) is 31.6 Å². The second kappa shape index (κ2) is 9.54. The highest BCUT2D eigenvalue weighted by atomic mass is 35.5. The molecular formula is C20H24ClN3O4. The van der Waals surface area contributed by atoms with Crippen LogP contribution in [0.5, 0.6) is 11.5 Å². The lowest BCUT2D eigenvalue weighted by molar-refractivity contribution is -0.130. The van der Waals surface area contributed by atoms with Gasteiger partial charge < -0.3 is 26.3 Å². The topological polar surface area (TPSA) is 117 Å². The summed E-state index contributed by atoms with van der Waals surface area (Å²) in [5.74, 6) is 0.484. The number of amides is 2. The number of carbonyl (C=O) groups is 2. The minimum absolute atomic E-state index is 0. The van der Waals surface area contributed by atoms with Crippen LogP contribution in [0.2, 0.25) is 0 Å². The predicted molar refractivity (Wildman–Crippen MR) is 109 cm³/mol. The van der Waals surface area contributed by atoms with E-state index in [4.69, 9.17) is 20.9 Å². The molecule has 0 spiro atoms. The number of benzene rings is 2. The summed E-state index contributed by atoms with van der Waals surface area (Å²) in [6.07, 6.45) is 1.24. The van der Waals surface area contributed by atoms with E-state index in [2.05, 4.69) is 5.32 Å². The Bertz CT molecular complexity index is 820. The first kappa shape index (κ1) is 21.7. The molecule has 0 bridgehead atoms. The molecule has 1 aliphatic heterocycles. The standard InChI is InChI=1S/C20H23N3O4.ClH/c21-13-20(8-10-26-11-9-20)19(25)23-15-4-6-16(7-5-15)27-17-3-1-2-14(12-17)18(22)24;/h1-7,12H,8-11,13,21H2,(H2,22,24)(H,23,25);1H. The monoisotopic (exact) mass is 405 g/mol. The number of hydrogen-bond donors (Lipinski definition) is 3. The number of rotatable bonds is 6. The maximum absolute atomic E-state index is 12.7. The summed E-state index contributed by atoms with van der Waals surface area (Å²) >= 11 is 0. The van der Waals surface area contributed by atoms with Crippen molar-refractivity contribution in [2.45, 2.75) is 12.8 Å². The lowest BCUT2D eigenvalue weighted by atomic mass is 9.79. The minimum Gasteiger partial charge on any atom is -0.457 e. The van der Waals surface area contributed by atoms with E-state index < -0.39 is 11.3 Å². The van der Waals surface area contributed by atoms with Gasteiger partial charge in [-0.3, -0.25) is 9.59 Å². The summed E-state index contributed by atoms with van der Waals surface area (Å²) in [7, 11) is 0. The van der Waals surface area contributed by atoms with Crippen LogP contribution < -0.4 is 21.5 Å². The summed E-state index contributed by atoms with van der Waals surface area (Å²) < 4.78 is 11.1. The Kier molecular flexibility index (Phi) is 7.39. The van der Waals surface area contributed by atoms with Crippen LogP contribution in [0.4, 0.5) is 5.69 Å². The molecule has 2 aromatic carbocycles. The van der Waals surface area contributed by atoms with E-state index in [0.717, 1.165) is 0 Å². The molecule has 0 aliphatic carbocycles. The lowest BCUT2D eigenvalue weighted by Gasteiger charge is -2.34. The van der Waals surface area contributed by atoms with Crippen molar-refractivity contribution in [3.63, 3.8) is 0 Å². The quantitative estimate of drug-likeness (QED) is 0.683. The predicted octanol–water partition coefficient (Wildman–Crippen LogP) is 2.69. The van der Waals surface area contributed by atoms with Gasteiger partial charge in [-0.2, -0.15) is 0 Å². The van der Waals surface area contributed by atoms with Gasteiger partial charge in [0.15, 0.2) is 0 Å². The molecule has 2 amide bonds. The second-order valence-electron chi connectivity index (χ2n) is 6.57. The molecule has 0 saturated carbocycles. The summed E-state index contributed by atoms with van der Waals surface area (Å²) in [5.41, 5.74) is 11.6. The first-order valence-electron chi connectivity index (χ1n) is 8.79. The van der Waals surface area contributed by atoms with Crippen LogP contribution in [0.25, 0.3) is 0 Å². The molecule has 1 fully saturated rings. The summed E-state index contributed by atoms with van der Waals surface area (Å²) in [6, 6.07) is 13.6. The zero-order chi connectivity index (χ0) is 19.3. The fourth-order valence-electron chi connectivity index (χ4n) is 3.00. The van der Waals surface area contributed by atoms with E-state index in [-0.39, 0.29) is 18.3 Å². The number of hydrogen-bond acceptors (Lipinski definition) is 5. The molecule has 1 aliphatic rings. The Morgan fingerprint density at radius 3 is 2.36 bits per heavy atom. The van der Waals surface area contributed by atoms with Gasteiger partial charge >= 0.3 is 0 Å². The molecule has 5 N–H and O–H groups in total. The van der Waals surface area contributed by atoms with Crippen molar-refractivity contribution in [1.82, 2.24) is 0 Å². The molecule has 150 valence electrons. The van der Waals surface area contributed by atoms with E-state index in [1.807, 2.05) is 0 Å². The van der Waals surface area contributed by atoms with E-state index in [0.29, 0.717) is 55.4 Å². The Hall–Kier alpha value is -2.61. The molecule has 1 saturated heterocycles. The summed E-state index contributed by atoms with van der Waals surface area (Å²) in [5, 5.41) is 2.93. The molecule has 28 heavy (non-hydrogen) atoms. The fraction of sp³-hybridized carbons (Fsp3) is 0.300. The average molecular weight is 406 g/mol. The number of primary amides is 1. The molecule has 0 atom stereocenters. The number of nitrogens with two attached hydrogens (primary N) is 2. The summed E-state index contributed by atoms with van der Waals surface area (Å²) in [6.45, 7) is 1.38. The third-order valence-corrected chi connectivity index (χ3v) is 4.79. The SMILES string of the molecule is Cl.NCC1(C(=O)Nc2ccc(Oc3cccc(C(N)=O)c3)cc2)CCOCC1. The van der Waals surface area contributed by atoms with Gasteiger partial charge in [-0.1, -0.05) is 6.07 Å². The van der Waals surface area contributed by atoms with Gasteiger partial charge in [-0.25, -0.2) is 0 Å². The Morgan fingerprint density at radius 2 is 1.75 bits per heavy atom. The zero-order valence-electron chi connectivity index (χ0n) is 15.4. The van der Waals surface area contributed by atoms with Crippen LogP contribution in [0.3, 0.4) is 0 Å². The minimum atomic E-state index is -0.581. The van der Waals surface area contributed by atoms with Crippen LogP contribution >= 0.6 is 12.4 Å².